The Kier molecular flexibility index (Phi) is 5.86. The first-order valence-corrected chi connectivity index (χ1v) is 11.5. The summed E-state index contributed by atoms with van der Waals surface area (Å²) in [7, 11) is 0. The second kappa shape index (κ2) is 9.09. The molecule has 0 spiro atoms. The summed E-state index contributed by atoms with van der Waals surface area (Å²) >= 11 is 3.54. The molecule has 2 unspecified atom stereocenters. The lowest BCUT2D eigenvalue weighted by Crippen LogP contribution is -2.36. The molecule has 2 heterocycles. The number of nitrogen functional groups attached to an aromatic ring is 1. The first kappa shape index (κ1) is 20.6. The number of hydrogen-bond acceptors (Lipinski definition) is 3. The molecule has 1 aliphatic rings. The number of halogens is 1. The van der Waals surface area contributed by atoms with Crippen molar-refractivity contribution in [3.63, 3.8) is 0 Å². The second-order valence-electron chi connectivity index (χ2n) is 8.09. The molecule has 0 saturated carbocycles. The largest absolute Gasteiger partial charge is 0.486 e. The van der Waals surface area contributed by atoms with Gasteiger partial charge in [-0.2, -0.15) is 0 Å². The van der Waals surface area contributed by atoms with E-state index in [0.717, 1.165) is 40.2 Å². The summed E-state index contributed by atoms with van der Waals surface area (Å²) in [5.74, 6) is 1.79. The number of rotatable bonds is 7. The Balaban J connectivity index is 1.28. The number of fused-ring (bicyclic) bond motifs is 1. The zero-order chi connectivity index (χ0) is 21.9. The molecule has 5 nitrogen and oxygen atoms in total. The molecule has 0 fully saturated rings. The van der Waals surface area contributed by atoms with Crippen molar-refractivity contribution >= 4 is 21.6 Å². The van der Waals surface area contributed by atoms with Crippen LogP contribution in [0, 0.1) is 0 Å². The Bertz CT molecular complexity index is 1190. The van der Waals surface area contributed by atoms with Gasteiger partial charge in [0.2, 0.25) is 6.33 Å². The summed E-state index contributed by atoms with van der Waals surface area (Å²) < 4.78 is 17.9. The quantitative estimate of drug-likeness (QED) is 0.294. The minimum Gasteiger partial charge on any atom is -0.486 e. The molecule has 1 aliphatic heterocycles. The van der Waals surface area contributed by atoms with Crippen molar-refractivity contribution in [3.05, 3.63) is 107 Å². The van der Waals surface area contributed by atoms with E-state index in [4.69, 9.17) is 15.2 Å². The van der Waals surface area contributed by atoms with Crippen LogP contribution >= 0.6 is 15.9 Å². The van der Waals surface area contributed by atoms with Gasteiger partial charge in [0.15, 0.2) is 6.10 Å². The molecular formula is C26H25BrN3O2+. The van der Waals surface area contributed by atoms with Crippen molar-refractivity contribution in [2.45, 2.75) is 31.7 Å². The van der Waals surface area contributed by atoms with Crippen LogP contribution in [-0.4, -0.2) is 10.7 Å². The number of benzene rings is 3. The average Bonchev–Trinajstić information content (AvgIpc) is 3.41. The van der Waals surface area contributed by atoms with E-state index in [1.807, 2.05) is 54.6 Å². The normalized spacial score (nSPS) is 15.7. The molecule has 0 aliphatic carbocycles. The molecule has 0 amide bonds. The van der Waals surface area contributed by atoms with Crippen molar-refractivity contribution < 1.29 is 14.0 Å². The highest BCUT2D eigenvalue weighted by Gasteiger charge is 2.26. The van der Waals surface area contributed by atoms with Crippen LogP contribution < -0.4 is 19.8 Å². The van der Waals surface area contributed by atoms with Gasteiger partial charge in [-0.3, -0.25) is 0 Å². The van der Waals surface area contributed by atoms with Crippen LogP contribution in [0.5, 0.6) is 11.5 Å². The number of hydrogen-bond donors (Lipinski definition) is 1. The number of imidazole rings is 1. The van der Waals surface area contributed by atoms with Gasteiger partial charge in [-0.25, -0.2) is 9.13 Å². The number of nitrogens with zero attached hydrogens (tertiary/aromatic N) is 2. The first-order valence-electron chi connectivity index (χ1n) is 10.7. The molecule has 5 rings (SSSR count). The summed E-state index contributed by atoms with van der Waals surface area (Å²) in [6.45, 7) is 1.49. The fourth-order valence-electron chi connectivity index (χ4n) is 4.06. The zero-order valence-corrected chi connectivity index (χ0v) is 19.2. The zero-order valence-electron chi connectivity index (χ0n) is 17.6. The maximum absolute atomic E-state index is 6.34. The highest BCUT2D eigenvalue weighted by molar-refractivity contribution is 9.10. The Hall–Kier alpha value is -3.25. The number of ether oxygens (including phenoxy) is 2. The van der Waals surface area contributed by atoms with Crippen LogP contribution in [0.15, 0.2) is 96.0 Å². The molecule has 2 N–H and O–H groups in total. The summed E-state index contributed by atoms with van der Waals surface area (Å²) in [6.07, 6.45) is 7.22. The minimum absolute atomic E-state index is 0.120. The number of aromatic nitrogens is 2. The van der Waals surface area contributed by atoms with Crippen LogP contribution in [-0.2, 0) is 19.5 Å². The Labute approximate surface area is 196 Å². The van der Waals surface area contributed by atoms with E-state index in [0.29, 0.717) is 6.54 Å². The van der Waals surface area contributed by atoms with Gasteiger partial charge in [-0.05, 0) is 53.6 Å². The molecule has 0 bridgehead atoms. The highest BCUT2D eigenvalue weighted by atomic mass is 79.9. The van der Waals surface area contributed by atoms with Crippen LogP contribution in [0.3, 0.4) is 0 Å². The molecule has 162 valence electrons. The van der Waals surface area contributed by atoms with Gasteiger partial charge in [0, 0.05) is 16.6 Å². The van der Waals surface area contributed by atoms with Gasteiger partial charge in [-0.1, -0.05) is 46.3 Å². The van der Waals surface area contributed by atoms with E-state index >= 15 is 0 Å². The summed E-state index contributed by atoms with van der Waals surface area (Å²) in [5.41, 5.74) is 8.93. The lowest BCUT2D eigenvalue weighted by molar-refractivity contribution is -0.703. The predicted octanol–water partition coefficient (Wildman–Crippen LogP) is 4.94. The molecule has 6 heteroatoms. The van der Waals surface area contributed by atoms with Crippen molar-refractivity contribution in [3.8, 4) is 11.5 Å². The fourth-order valence-corrected chi connectivity index (χ4v) is 4.47. The Morgan fingerprint density at radius 3 is 2.72 bits per heavy atom. The average molecular weight is 491 g/mol. The Morgan fingerprint density at radius 2 is 1.91 bits per heavy atom. The highest BCUT2D eigenvalue weighted by Crippen LogP contribution is 2.31. The van der Waals surface area contributed by atoms with Gasteiger partial charge in [0.1, 0.15) is 43.1 Å². The first-order chi connectivity index (χ1) is 15.6. The number of anilines is 1. The summed E-state index contributed by atoms with van der Waals surface area (Å²) in [4.78, 5) is 0. The van der Waals surface area contributed by atoms with E-state index < -0.39 is 0 Å². The number of nitrogens with two attached hydrogens (primary N) is 1. The van der Waals surface area contributed by atoms with Crippen molar-refractivity contribution in [2.75, 3.05) is 5.73 Å². The van der Waals surface area contributed by atoms with Gasteiger partial charge in [0.05, 0.1) is 0 Å². The fraction of sp³-hybridized carbons (Fsp3) is 0.192. The van der Waals surface area contributed by atoms with Crippen molar-refractivity contribution in [1.82, 2.24) is 4.57 Å². The molecular weight excluding hydrogens is 466 g/mol. The standard InChI is InChI=1S/C26H25BrN3O2/c27-21-6-11-25-20(14-21)15-24(32-25)16-29-12-13-30(18-29)17-26(19-4-2-1-3-5-19)31-23-9-7-22(28)8-10-23/h1-14,18,24,26H,15-17,28H2/q+1. The molecule has 2 atom stereocenters. The maximum atomic E-state index is 6.34. The smallest absolute Gasteiger partial charge is 0.244 e. The van der Waals surface area contributed by atoms with Gasteiger partial charge in [0.25, 0.3) is 0 Å². The lowest BCUT2D eigenvalue weighted by atomic mass is 10.1. The molecule has 0 radical (unpaired) electrons. The van der Waals surface area contributed by atoms with E-state index in [9.17, 15) is 0 Å². The van der Waals surface area contributed by atoms with E-state index in [1.54, 1.807) is 0 Å². The molecule has 4 aromatic rings. The summed E-state index contributed by atoms with van der Waals surface area (Å²) in [6, 6.07) is 24.0. The van der Waals surface area contributed by atoms with Crippen LogP contribution in [0.4, 0.5) is 5.69 Å². The van der Waals surface area contributed by atoms with Crippen LogP contribution in [0.25, 0.3) is 0 Å². The van der Waals surface area contributed by atoms with Crippen molar-refractivity contribution in [1.29, 1.82) is 0 Å². The molecule has 32 heavy (non-hydrogen) atoms. The van der Waals surface area contributed by atoms with Gasteiger partial charge in [-0.15, -0.1) is 0 Å². The topological polar surface area (TPSA) is 53.3 Å². The SMILES string of the molecule is Nc1ccc(OC(C[n+]2ccn(CC3Cc4cc(Br)ccc4O3)c2)c2ccccc2)cc1. The minimum atomic E-state index is -0.120. The molecule has 1 aromatic heterocycles. The second-order valence-corrected chi connectivity index (χ2v) is 9.01. The summed E-state index contributed by atoms with van der Waals surface area (Å²) in [5, 5.41) is 0. The van der Waals surface area contributed by atoms with E-state index in [-0.39, 0.29) is 12.2 Å². The lowest BCUT2D eigenvalue weighted by Gasteiger charge is -2.18. The third-order valence-electron chi connectivity index (χ3n) is 5.63. The van der Waals surface area contributed by atoms with Gasteiger partial charge < -0.3 is 15.2 Å². The third-order valence-corrected chi connectivity index (χ3v) is 6.12. The Morgan fingerprint density at radius 1 is 1.09 bits per heavy atom. The monoisotopic (exact) mass is 490 g/mol. The maximum Gasteiger partial charge on any atom is 0.244 e. The predicted molar refractivity (Wildman–Crippen MR) is 128 cm³/mol. The molecule has 0 saturated heterocycles. The van der Waals surface area contributed by atoms with E-state index in [1.165, 1.54) is 5.56 Å². The van der Waals surface area contributed by atoms with Crippen molar-refractivity contribution in [2.24, 2.45) is 0 Å². The van der Waals surface area contributed by atoms with E-state index in [2.05, 4.69) is 62.0 Å². The van der Waals surface area contributed by atoms with Crippen LogP contribution in [0.1, 0.15) is 17.2 Å². The van der Waals surface area contributed by atoms with Crippen LogP contribution in [0.2, 0.25) is 0 Å². The third kappa shape index (κ3) is 4.81. The molecule has 3 aromatic carbocycles. The van der Waals surface area contributed by atoms with Gasteiger partial charge >= 0.3 is 0 Å².